The molecule has 8 nitrogen and oxygen atoms in total. The highest BCUT2D eigenvalue weighted by molar-refractivity contribution is 6.33. The lowest BCUT2D eigenvalue weighted by atomic mass is 10.1. The highest BCUT2D eigenvalue weighted by atomic mass is 35.5. The third-order valence-electron chi connectivity index (χ3n) is 5.67. The van der Waals surface area contributed by atoms with Gasteiger partial charge in [-0.05, 0) is 43.5 Å². The van der Waals surface area contributed by atoms with Crippen LogP contribution < -0.4 is 15.5 Å². The lowest BCUT2D eigenvalue weighted by molar-refractivity contribution is -0.124. The molecule has 0 unspecified atom stereocenters. The molecule has 10 heteroatoms. The van der Waals surface area contributed by atoms with E-state index in [1.54, 1.807) is 29.8 Å². The molecule has 3 heterocycles. The predicted molar refractivity (Wildman–Crippen MR) is 120 cm³/mol. The SMILES string of the molecule is Cc1cc(Nc2cc(N(C)C3CC3)n3ncc(/C=C4\CC(=O)NC4=O)c3n2)c(Cl)cc1F. The molecule has 0 atom stereocenters. The first kappa shape index (κ1) is 20.4. The van der Waals surface area contributed by atoms with E-state index in [1.165, 1.54) is 6.07 Å². The number of halogens is 2. The number of rotatable bonds is 5. The van der Waals surface area contributed by atoms with E-state index in [0.29, 0.717) is 39.9 Å². The Balaban J connectivity index is 1.62. The molecule has 0 radical (unpaired) electrons. The Kier molecular flexibility index (Phi) is 4.85. The summed E-state index contributed by atoms with van der Waals surface area (Å²) >= 11 is 6.24. The number of fused-ring (bicyclic) bond motifs is 1. The number of hydrogen-bond acceptors (Lipinski definition) is 6. The fourth-order valence-corrected chi connectivity index (χ4v) is 3.93. The summed E-state index contributed by atoms with van der Waals surface area (Å²) in [7, 11) is 1.99. The lowest BCUT2D eigenvalue weighted by Gasteiger charge is -2.20. The predicted octanol–water partition coefficient (Wildman–Crippen LogP) is 3.60. The fraction of sp³-hybridized carbons (Fsp3) is 0.273. The Morgan fingerprint density at radius 3 is 2.78 bits per heavy atom. The van der Waals surface area contributed by atoms with Gasteiger partial charge in [0.2, 0.25) is 5.91 Å². The van der Waals surface area contributed by atoms with Gasteiger partial charge >= 0.3 is 0 Å². The zero-order chi connectivity index (χ0) is 22.6. The van der Waals surface area contributed by atoms with Gasteiger partial charge in [0.25, 0.3) is 5.91 Å². The molecular formula is C22H20ClFN6O2. The van der Waals surface area contributed by atoms with Crippen molar-refractivity contribution in [3.63, 3.8) is 0 Å². The molecule has 0 bridgehead atoms. The molecule has 1 aliphatic heterocycles. The first-order chi connectivity index (χ1) is 15.3. The molecule has 0 spiro atoms. The number of anilines is 3. The Labute approximate surface area is 188 Å². The summed E-state index contributed by atoms with van der Waals surface area (Å²) in [6.45, 7) is 1.66. The number of nitrogens with zero attached hydrogens (tertiary/aromatic N) is 4. The second-order valence-electron chi connectivity index (χ2n) is 8.11. The van der Waals surface area contributed by atoms with Gasteiger partial charge in [-0.3, -0.25) is 14.9 Å². The van der Waals surface area contributed by atoms with Crippen molar-refractivity contribution in [3.8, 4) is 0 Å². The van der Waals surface area contributed by atoms with Gasteiger partial charge in [-0.15, -0.1) is 0 Å². The van der Waals surface area contributed by atoms with Crippen LogP contribution in [0.4, 0.5) is 21.7 Å². The fourth-order valence-electron chi connectivity index (χ4n) is 3.73. The van der Waals surface area contributed by atoms with Crippen molar-refractivity contribution >= 4 is 52.5 Å². The molecule has 5 rings (SSSR count). The van der Waals surface area contributed by atoms with Gasteiger partial charge in [0.15, 0.2) is 5.65 Å². The maximum Gasteiger partial charge on any atom is 0.254 e. The number of imide groups is 1. The molecule has 2 aliphatic rings. The van der Waals surface area contributed by atoms with Gasteiger partial charge in [-0.1, -0.05) is 11.6 Å². The van der Waals surface area contributed by atoms with Crippen molar-refractivity contribution in [3.05, 3.63) is 51.9 Å². The molecule has 1 saturated heterocycles. The number of aryl methyl sites for hydroxylation is 1. The molecule has 164 valence electrons. The van der Waals surface area contributed by atoms with Crippen LogP contribution in [0.15, 0.2) is 30.0 Å². The number of benzene rings is 1. The average Bonchev–Trinajstić information content (AvgIpc) is 3.45. The maximum atomic E-state index is 13.8. The van der Waals surface area contributed by atoms with Crippen LogP contribution in [-0.4, -0.2) is 39.5 Å². The van der Waals surface area contributed by atoms with Crippen molar-refractivity contribution in [1.82, 2.24) is 19.9 Å². The van der Waals surface area contributed by atoms with Crippen molar-refractivity contribution in [1.29, 1.82) is 0 Å². The first-order valence-electron chi connectivity index (χ1n) is 10.2. The number of hydrogen-bond donors (Lipinski definition) is 2. The Hall–Kier alpha value is -3.46. The Morgan fingerprint density at radius 2 is 2.09 bits per heavy atom. The molecule has 2 aromatic heterocycles. The molecule has 1 aliphatic carbocycles. The minimum atomic E-state index is -0.410. The molecule has 1 aromatic carbocycles. The van der Waals surface area contributed by atoms with Crippen molar-refractivity contribution < 1.29 is 14.0 Å². The van der Waals surface area contributed by atoms with E-state index in [0.717, 1.165) is 18.7 Å². The quantitative estimate of drug-likeness (QED) is 0.452. The summed E-state index contributed by atoms with van der Waals surface area (Å²) in [5.41, 5.74) is 2.48. The molecule has 2 N–H and O–H groups in total. The number of aromatic nitrogens is 3. The maximum absolute atomic E-state index is 13.8. The third-order valence-corrected chi connectivity index (χ3v) is 5.99. The van der Waals surface area contributed by atoms with E-state index in [4.69, 9.17) is 11.6 Å². The van der Waals surface area contributed by atoms with E-state index >= 15 is 0 Å². The topological polar surface area (TPSA) is 91.6 Å². The normalized spacial score (nSPS) is 17.3. The van der Waals surface area contributed by atoms with Crippen LogP contribution in [-0.2, 0) is 9.59 Å². The highest BCUT2D eigenvalue weighted by Gasteiger charge is 2.29. The summed E-state index contributed by atoms with van der Waals surface area (Å²) in [5.74, 6) is 0.190. The Morgan fingerprint density at radius 1 is 1.31 bits per heavy atom. The molecule has 3 aromatic rings. The van der Waals surface area contributed by atoms with Gasteiger partial charge in [0, 0.05) is 30.3 Å². The van der Waals surface area contributed by atoms with Crippen LogP contribution in [0.2, 0.25) is 5.02 Å². The van der Waals surface area contributed by atoms with Gasteiger partial charge in [0.05, 0.1) is 23.3 Å². The monoisotopic (exact) mass is 454 g/mol. The molecule has 1 saturated carbocycles. The second kappa shape index (κ2) is 7.59. The van der Waals surface area contributed by atoms with Crippen molar-refractivity contribution in [2.45, 2.75) is 32.2 Å². The van der Waals surface area contributed by atoms with Gasteiger partial charge in [-0.25, -0.2) is 9.37 Å². The average molecular weight is 455 g/mol. The van der Waals surface area contributed by atoms with Gasteiger partial charge < -0.3 is 10.2 Å². The summed E-state index contributed by atoms with van der Waals surface area (Å²) in [5, 5.41) is 10.2. The minimum absolute atomic E-state index is 0.0212. The summed E-state index contributed by atoms with van der Waals surface area (Å²) in [4.78, 5) is 30.4. The van der Waals surface area contributed by atoms with Crippen LogP contribution in [0.5, 0.6) is 0 Å². The molecular weight excluding hydrogens is 435 g/mol. The number of carbonyl (C=O) groups is 2. The van der Waals surface area contributed by atoms with Crippen LogP contribution >= 0.6 is 11.6 Å². The summed E-state index contributed by atoms with van der Waals surface area (Å²) in [6, 6.07) is 5.16. The largest absolute Gasteiger partial charge is 0.356 e. The van der Waals surface area contributed by atoms with Gasteiger partial charge in [0.1, 0.15) is 17.5 Å². The second-order valence-corrected chi connectivity index (χ2v) is 8.51. The van der Waals surface area contributed by atoms with E-state index < -0.39 is 5.91 Å². The van der Waals surface area contributed by atoms with Crippen LogP contribution in [0, 0.1) is 12.7 Å². The van der Waals surface area contributed by atoms with Crippen LogP contribution in [0.3, 0.4) is 0 Å². The van der Waals surface area contributed by atoms with E-state index in [2.05, 4.69) is 25.6 Å². The standard InChI is InChI=1S/C22H20ClFN6O2/c1-11-5-17(15(23)8-16(11)24)26-18-9-20(29(2)14-3-4-14)30-21(27-18)13(10-25-30)6-12-7-19(31)28-22(12)32/h5-6,8-10,14H,3-4,7H2,1-2H3,(H,26,27)(H,28,31,32)/b12-6+. The van der Waals surface area contributed by atoms with Gasteiger partial charge in [-0.2, -0.15) is 9.61 Å². The summed E-state index contributed by atoms with van der Waals surface area (Å²) < 4.78 is 15.5. The molecule has 2 amide bonds. The third kappa shape index (κ3) is 3.69. The highest BCUT2D eigenvalue weighted by Crippen LogP contribution is 2.34. The van der Waals surface area contributed by atoms with Crippen LogP contribution in [0.25, 0.3) is 11.7 Å². The smallest absolute Gasteiger partial charge is 0.254 e. The van der Waals surface area contributed by atoms with Crippen molar-refractivity contribution in [2.75, 3.05) is 17.3 Å². The Bertz CT molecular complexity index is 1310. The minimum Gasteiger partial charge on any atom is -0.356 e. The number of nitrogens with one attached hydrogen (secondary N) is 2. The molecule has 32 heavy (non-hydrogen) atoms. The number of carbonyl (C=O) groups excluding carboxylic acids is 2. The summed E-state index contributed by atoms with van der Waals surface area (Å²) in [6.07, 6.45) is 5.45. The number of amides is 2. The first-order valence-corrected chi connectivity index (χ1v) is 10.6. The van der Waals surface area contributed by atoms with E-state index in [9.17, 15) is 14.0 Å². The zero-order valence-corrected chi connectivity index (χ0v) is 18.2. The van der Waals surface area contributed by atoms with Crippen LogP contribution in [0.1, 0.15) is 30.4 Å². The molecule has 2 fully saturated rings. The zero-order valence-electron chi connectivity index (χ0n) is 17.4. The van der Waals surface area contributed by atoms with E-state index in [-0.39, 0.29) is 23.2 Å². The lowest BCUT2D eigenvalue weighted by Crippen LogP contribution is -2.23. The van der Waals surface area contributed by atoms with E-state index in [1.807, 2.05) is 13.1 Å². The van der Waals surface area contributed by atoms with Crippen molar-refractivity contribution in [2.24, 2.45) is 0 Å².